The third-order valence-electron chi connectivity index (χ3n) is 9.15. The minimum Gasteiger partial charge on any atom is -0.493 e. The molecule has 5 nitrogen and oxygen atoms in total. The van der Waals surface area contributed by atoms with Crippen LogP contribution in [0.15, 0.2) is 57.7 Å². The van der Waals surface area contributed by atoms with Gasteiger partial charge in [0.05, 0.1) is 24.7 Å². The average molecular weight is 745 g/mol. The molecule has 6 heteroatoms. The van der Waals surface area contributed by atoms with Crippen LogP contribution in [0.3, 0.4) is 0 Å². The van der Waals surface area contributed by atoms with Crippen LogP contribution in [0, 0.1) is 23.2 Å². The van der Waals surface area contributed by atoms with Gasteiger partial charge in [0.15, 0.2) is 0 Å². The van der Waals surface area contributed by atoms with E-state index in [9.17, 15) is 9.59 Å². The number of fused-ring (bicyclic) bond motifs is 1. The van der Waals surface area contributed by atoms with E-state index < -0.39 is 0 Å². The first kappa shape index (κ1) is 38.1. The maximum Gasteiger partial charge on any atom is 0.344 e. The van der Waals surface area contributed by atoms with E-state index in [0.29, 0.717) is 41.9 Å². The number of carbonyl (C=O) groups excluding carboxylic acids is 1. The molecule has 0 aliphatic heterocycles. The minimum absolute atomic E-state index is 0.0529. The van der Waals surface area contributed by atoms with Gasteiger partial charge in [0.1, 0.15) is 11.3 Å². The Balaban J connectivity index is 1.42. The van der Waals surface area contributed by atoms with E-state index >= 15 is 0 Å². The van der Waals surface area contributed by atoms with Crippen LogP contribution in [-0.2, 0) is 16.0 Å². The summed E-state index contributed by atoms with van der Waals surface area (Å²) in [5.41, 5.74) is 2.85. The van der Waals surface area contributed by atoms with Crippen molar-refractivity contribution in [2.75, 3.05) is 13.2 Å². The normalized spacial score (nSPS) is 14.2. The maximum atomic E-state index is 12.9. The molecule has 0 saturated carbocycles. The van der Waals surface area contributed by atoms with Crippen LogP contribution < -0.4 is 10.4 Å². The molecule has 3 unspecified atom stereocenters. The number of aryl methyl sites for hydroxylation is 1. The van der Waals surface area contributed by atoms with Crippen molar-refractivity contribution < 1.29 is 18.7 Å². The molecule has 0 saturated heterocycles. The van der Waals surface area contributed by atoms with Crippen molar-refractivity contribution in [2.45, 2.75) is 117 Å². The molecule has 0 amide bonds. The predicted molar refractivity (Wildman–Crippen MR) is 200 cm³/mol. The van der Waals surface area contributed by atoms with Gasteiger partial charge in [-0.25, -0.2) is 4.79 Å². The number of rotatable bonds is 18. The van der Waals surface area contributed by atoms with Crippen LogP contribution in [0.1, 0.15) is 112 Å². The van der Waals surface area contributed by atoms with Gasteiger partial charge in [-0.3, -0.25) is 4.79 Å². The van der Waals surface area contributed by atoms with Gasteiger partial charge in [0, 0.05) is 14.9 Å². The van der Waals surface area contributed by atoms with Gasteiger partial charge >= 0.3 is 11.6 Å². The van der Waals surface area contributed by atoms with Crippen LogP contribution >= 0.6 is 22.6 Å². The second-order valence-electron chi connectivity index (χ2n) is 14.9. The van der Waals surface area contributed by atoms with E-state index in [4.69, 9.17) is 13.9 Å². The number of unbranched alkanes of at least 4 members (excludes halogenated alkanes) is 2. The first-order chi connectivity index (χ1) is 21.7. The summed E-state index contributed by atoms with van der Waals surface area (Å²) < 4.78 is 17.6. The van der Waals surface area contributed by atoms with E-state index in [0.717, 1.165) is 49.5 Å². The Labute approximate surface area is 291 Å². The molecule has 3 atom stereocenters. The second kappa shape index (κ2) is 17.7. The largest absolute Gasteiger partial charge is 0.493 e. The SMILES string of the molecule is CCCCCc1ccc(-c2cc3ccc(OCCCC(C)C(C)CCCOC(=O)C(CC(C)(C)I)C(C)(C)C)cc3oc2=O)cc1. The van der Waals surface area contributed by atoms with Gasteiger partial charge in [-0.15, -0.1) is 0 Å². The molecule has 1 aromatic heterocycles. The van der Waals surface area contributed by atoms with E-state index in [2.05, 4.69) is 90.1 Å². The fraction of sp³-hybridized carbons (Fsp3) is 0.600. The lowest BCUT2D eigenvalue weighted by Crippen LogP contribution is -2.34. The summed E-state index contributed by atoms with van der Waals surface area (Å²) in [7, 11) is 0. The summed E-state index contributed by atoms with van der Waals surface area (Å²) in [6, 6.07) is 15.9. The Hall–Kier alpha value is -2.35. The highest BCUT2D eigenvalue weighted by molar-refractivity contribution is 14.1. The highest BCUT2D eigenvalue weighted by Crippen LogP contribution is 2.37. The number of alkyl halides is 1. The Bertz CT molecular complexity index is 1430. The molecular formula is C40H57IO5. The van der Waals surface area contributed by atoms with Crippen LogP contribution in [-0.4, -0.2) is 22.6 Å². The van der Waals surface area contributed by atoms with Gasteiger partial charge in [-0.1, -0.05) is 115 Å². The fourth-order valence-corrected chi connectivity index (χ4v) is 6.32. The lowest BCUT2D eigenvalue weighted by atomic mass is 9.76. The van der Waals surface area contributed by atoms with Gasteiger partial charge < -0.3 is 13.9 Å². The topological polar surface area (TPSA) is 65.7 Å². The van der Waals surface area contributed by atoms with Crippen molar-refractivity contribution in [1.82, 2.24) is 0 Å². The number of halogens is 1. The fourth-order valence-electron chi connectivity index (χ4n) is 5.88. The Morgan fingerprint density at radius 2 is 1.52 bits per heavy atom. The first-order valence-electron chi connectivity index (χ1n) is 17.3. The molecule has 0 N–H and O–H groups in total. The Kier molecular flexibility index (Phi) is 14.7. The van der Waals surface area contributed by atoms with Crippen LogP contribution in [0.25, 0.3) is 22.1 Å². The van der Waals surface area contributed by atoms with Gasteiger partial charge in [0.25, 0.3) is 0 Å². The molecule has 2 aromatic carbocycles. The minimum atomic E-state index is -0.334. The third kappa shape index (κ3) is 12.4. The summed E-state index contributed by atoms with van der Waals surface area (Å²) in [6.07, 6.45) is 9.42. The maximum absolute atomic E-state index is 12.9. The molecule has 46 heavy (non-hydrogen) atoms. The van der Waals surface area contributed by atoms with E-state index in [1.165, 1.54) is 24.8 Å². The molecule has 0 spiro atoms. The van der Waals surface area contributed by atoms with E-state index in [-0.39, 0.29) is 26.3 Å². The van der Waals surface area contributed by atoms with Crippen molar-refractivity contribution in [1.29, 1.82) is 0 Å². The van der Waals surface area contributed by atoms with Crippen molar-refractivity contribution >= 4 is 39.5 Å². The Morgan fingerprint density at radius 1 is 0.870 bits per heavy atom. The smallest absolute Gasteiger partial charge is 0.344 e. The van der Waals surface area contributed by atoms with Crippen molar-refractivity contribution in [3.63, 3.8) is 0 Å². The quantitative estimate of drug-likeness (QED) is 0.0427. The Morgan fingerprint density at radius 3 is 2.13 bits per heavy atom. The lowest BCUT2D eigenvalue weighted by Gasteiger charge is -2.33. The summed E-state index contributed by atoms with van der Waals surface area (Å²) in [5.74, 6) is 1.62. The van der Waals surface area contributed by atoms with Crippen LogP contribution in [0.5, 0.6) is 5.75 Å². The van der Waals surface area contributed by atoms with E-state index in [1.54, 1.807) is 0 Å². The zero-order valence-electron chi connectivity index (χ0n) is 29.5. The van der Waals surface area contributed by atoms with Crippen molar-refractivity contribution in [2.24, 2.45) is 23.2 Å². The standard InChI is InChI=1S/C40H57IO5/c1-9-10-11-16-30-17-19-31(20-18-30)34-25-32-21-22-33(26-36(32)46-37(34)42)44-23-12-14-28(2)29(3)15-13-24-45-38(43)35(39(4,5)6)27-40(7,8)41/h17-22,25-26,28-29,35H,9-16,23-24,27H2,1-8H3. The second-order valence-corrected chi connectivity index (χ2v) is 17.8. The van der Waals surface area contributed by atoms with Crippen molar-refractivity contribution in [3.05, 3.63) is 64.5 Å². The molecular weight excluding hydrogens is 687 g/mol. The number of ether oxygens (including phenoxy) is 2. The summed E-state index contributed by atoms with van der Waals surface area (Å²) in [4.78, 5) is 25.7. The van der Waals surface area contributed by atoms with Gasteiger partial charge in [0.2, 0.25) is 0 Å². The number of benzene rings is 2. The number of hydrogen-bond donors (Lipinski definition) is 0. The zero-order valence-corrected chi connectivity index (χ0v) is 31.7. The van der Waals surface area contributed by atoms with Crippen LogP contribution in [0.2, 0.25) is 0 Å². The summed E-state index contributed by atoms with van der Waals surface area (Å²) >= 11 is 2.42. The molecule has 254 valence electrons. The molecule has 0 bridgehead atoms. The number of esters is 1. The average Bonchev–Trinajstić information content (AvgIpc) is 2.99. The molecule has 0 fully saturated rings. The molecule has 1 heterocycles. The molecule has 0 radical (unpaired) electrons. The zero-order chi connectivity index (χ0) is 33.9. The van der Waals surface area contributed by atoms with Crippen molar-refractivity contribution in [3.8, 4) is 16.9 Å². The molecule has 0 aliphatic rings. The summed E-state index contributed by atoms with van der Waals surface area (Å²) in [5, 5.41) is 0.880. The monoisotopic (exact) mass is 744 g/mol. The predicted octanol–water partition coefficient (Wildman–Crippen LogP) is 11.2. The number of hydrogen-bond acceptors (Lipinski definition) is 5. The third-order valence-corrected chi connectivity index (χ3v) is 9.59. The van der Waals surface area contributed by atoms with E-state index in [1.807, 2.05) is 36.4 Å². The lowest BCUT2D eigenvalue weighted by molar-refractivity contribution is -0.153. The molecule has 3 rings (SSSR count). The van der Waals surface area contributed by atoms with Gasteiger partial charge in [-0.2, -0.15) is 0 Å². The van der Waals surface area contributed by atoms with Gasteiger partial charge in [-0.05, 0) is 91.5 Å². The number of carbonyl (C=O) groups is 1. The highest BCUT2D eigenvalue weighted by atomic mass is 127. The molecule has 3 aromatic rings. The van der Waals surface area contributed by atoms with Crippen LogP contribution in [0.4, 0.5) is 0 Å². The molecule has 0 aliphatic carbocycles. The first-order valence-corrected chi connectivity index (χ1v) is 18.4. The highest BCUT2D eigenvalue weighted by Gasteiger charge is 2.36. The summed E-state index contributed by atoms with van der Waals surface area (Å²) in [6.45, 7) is 18.6.